The molecule has 3 heterocycles. The topological polar surface area (TPSA) is 69.0 Å². The standard InChI is InChI=1S/C26H19FN4O2S/c27-18-9-5-16(6-10-18)15-33-19-11-7-17(8-12-19)20-13-24(32)30-25-21(20)14-28-31(25)26-29-22-3-1-2-4-23(22)34-26/h1-12,14,20H,13,15H2,(H,30,32). The van der Waals surface area contributed by atoms with Gasteiger partial charge in [-0.3, -0.25) is 4.79 Å². The molecule has 0 radical (unpaired) electrons. The van der Waals surface area contributed by atoms with E-state index in [1.165, 1.54) is 23.5 Å². The van der Waals surface area contributed by atoms with Gasteiger partial charge in [0.25, 0.3) is 0 Å². The molecule has 0 fully saturated rings. The fourth-order valence-electron chi connectivity index (χ4n) is 4.16. The quantitative estimate of drug-likeness (QED) is 0.359. The molecule has 1 atom stereocenters. The van der Waals surface area contributed by atoms with E-state index in [1.807, 2.05) is 54.7 Å². The van der Waals surface area contributed by atoms with Gasteiger partial charge in [-0.15, -0.1) is 0 Å². The molecule has 6 rings (SSSR count). The summed E-state index contributed by atoms with van der Waals surface area (Å²) in [5, 5.41) is 8.26. The van der Waals surface area contributed by atoms with Gasteiger partial charge in [-0.1, -0.05) is 47.7 Å². The molecule has 3 aromatic carbocycles. The number of hydrogen-bond donors (Lipinski definition) is 1. The van der Waals surface area contributed by atoms with Crippen molar-refractivity contribution in [3.8, 4) is 10.9 Å². The number of anilines is 1. The SMILES string of the molecule is O=C1CC(c2ccc(OCc3ccc(F)cc3)cc2)c2cnn(-c3nc4ccccc4s3)c2N1. The molecule has 0 saturated heterocycles. The van der Waals surface area contributed by atoms with Gasteiger partial charge in [-0.25, -0.2) is 9.37 Å². The first-order valence-electron chi connectivity index (χ1n) is 10.8. The Morgan fingerprint density at radius 2 is 1.85 bits per heavy atom. The number of thiazole rings is 1. The maximum atomic E-state index is 13.1. The van der Waals surface area contributed by atoms with E-state index in [-0.39, 0.29) is 17.6 Å². The number of amides is 1. The fourth-order valence-corrected chi connectivity index (χ4v) is 5.09. The third-order valence-corrected chi connectivity index (χ3v) is 6.90. The summed E-state index contributed by atoms with van der Waals surface area (Å²) in [5.74, 6) is 0.932. The van der Waals surface area contributed by atoms with Crippen molar-refractivity contribution in [1.82, 2.24) is 14.8 Å². The second kappa shape index (κ2) is 8.39. The van der Waals surface area contributed by atoms with Crippen molar-refractivity contribution in [2.75, 3.05) is 5.32 Å². The first-order valence-corrected chi connectivity index (χ1v) is 11.7. The number of ether oxygens (including phenoxy) is 1. The van der Waals surface area contributed by atoms with E-state index in [1.54, 1.807) is 16.8 Å². The van der Waals surface area contributed by atoms with Crippen LogP contribution >= 0.6 is 11.3 Å². The van der Waals surface area contributed by atoms with Crippen LogP contribution < -0.4 is 10.1 Å². The number of hydrogen-bond acceptors (Lipinski definition) is 5. The molecule has 1 N–H and O–H groups in total. The van der Waals surface area contributed by atoms with Gasteiger partial charge in [0.1, 0.15) is 24.0 Å². The molecule has 168 valence electrons. The molecule has 1 unspecified atom stereocenters. The summed E-state index contributed by atoms with van der Waals surface area (Å²) < 4.78 is 21.7. The first kappa shape index (κ1) is 20.6. The molecule has 0 bridgehead atoms. The normalized spacial score (nSPS) is 15.2. The predicted molar refractivity (Wildman–Crippen MR) is 129 cm³/mol. The monoisotopic (exact) mass is 470 g/mol. The Morgan fingerprint density at radius 1 is 1.06 bits per heavy atom. The van der Waals surface area contributed by atoms with Gasteiger partial charge in [-0.05, 0) is 47.5 Å². The Labute approximate surface area is 198 Å². The Bertz CT molecular complexity index is 1460. The van der Waals surface area contributed by atoms with Gasteiger partial charge in [-0.2, -0.15) is 9.78 Å². The van der Waals surface area contributed by atoms with Crippen LogP contribution in [0.5, 0.6) is 5.75 Å². The Kier molecular flexibility index (Phi) is 5.07. The minimum absolute atomic E-state index is 0.0583. The van der Waals surface area contributed by atoms with Crippen LogP contribution in [0.1, 0.15) is 29.0 Å². The van der Waals surface area contributed by atoms with E-state index in [4.69, 9.17) is 4.74 Å². The molecule has 0 saturated carbocycles. The van der Waals surface area contributed by atoms with E-state index < -0.39 is 0 Å². The van der Waals surface area contributed by atoms with Crippen LogP contribution in [0.15, 0.2) is 79.0 Å². The fraction of sp³-hybridized carbons (Fsp3) is 0.115. The summed E-state index contributed by atoms with van der Waals surface area (Å²) in [7, 11) is 0. The van der Waals surface area contributed by atoms with E-state index in [9.17, 15) is 9.18 Å². The number of carbonyl (C=O) groups excluding carboxylic acids is 1. The van der Waals surface area contributed by atoms with Crippen LogP contribution in [-0.4, -0.2) is 20.7 Å². The van der Waals surface area contributed by atoms with Crippen molar-refractivity contribution in [2.45, 2.75) is 18.9 Å². The molecule has 8 heteroatoms. The van der Waals surface area contributed by atoms with E-state index in [2.05, 4.69) is 15.4 Å². The van der Waals surface area contributed by atoms with Crippen molar-refractivity contribution in [3.05, 3.63) is 102 Å². The highest BCUT2D eigenvalue weighted by Crippen LogP contribution is 2.39. The number of nitrogens with zero attached hydrogens (tertiary/aromatic N) is 3. The number of aromatic nitrogens is 3. The van der Waals surface area contributed by atoms with Crippen molar-refractivity contribution in [2.24, 2.45) is 0 Å². The summed E-state index contributed by atoms with van der Waals surface area (Å²) in [6.07, 6.45) is 2.15. The van der Waals surface area contributed by atoms with Gasteiger partial charge in [0.2, 0.25) is 11.0 Å². The summed E-state index contributed by atoms with van der Waals surface area (Å²) in [4.78, 5) is 17.3. The van der Waals surface area contributed by atoms with Crippen LogP contribution in [0.25, 0.3) is 15.3 Å². The second-order valence-corrected chi connectivity index (χ2v) is 9.12. The van der Waals surface area contributed by atoms with Gasteiger partial charge in [0.15, 0.2) is 0 Å². The second-order valence-electron chi connectivity index (χ2n) is 8.11. The van der Waals surface area contributed by atoms with Crippen LogP contribution in [0.2, 0.25) is 0 Å². The molecular weight excluding hydrogens is 451 g/mol. The molecule has 5 aromatic rings. The number of carbonyl (C=O) groups is 1. The Morgan fingerprint density at radius 3 is 2.65 bits per heavy atom. The maximum Gasteiger partial charge on any atom is 0.226 e. The van der Waals surface area contributed by atoms with E-state index in [0.29, 0.717) is 29.7 Å². The number of halogens is 1. The highest BCUT2D eigenvalue weighted by Gasteiger charge is 2.31. The minimum Gasteiger partial charge on any atom is -0.489 e. The molecule has 6 nitrogen and oxygen atoms in total. The number of nitrogens with one attached hydrogen (secondary N) is 1. The molecule has 1 aliphatic rings. The van der Waals surface area contributed by atoms with Crippen LogP contribution in [0, 0.1) is 5.82 Å². The van der Waals surface area contributed by atoms with Gasteiger partial charge in [0.05, 0.1) is 16.4 Å². The lowest BCUT2D eigenvalue weighted by Crippen LogP contribution is -2.24. The summed E-state index contributed by atoms with van der Waals surface area (Å²) in [6, 6.07) is 21.9. The zero-order valence-corrected chi connectivity index (χ0v) is 18.8. The van der Waals surface area contributed by atoms with Crippen LogP contribution in [0.3, 0.4) is 0 Å². The van der Waals surface area contributed by atoms with E-state index >= 15 is 0 Å². The van der Waals surface area contributed by atoms with Crippen LogP contribution in [0.4, 0.5) is 10.2 Å². The summed E-state index contributed by atoms with van der Waals surface area (Å²) >= 11 is 1.53. The first-order chi connectivity index (χ1) is 16.6. The average Bonchev–Trinajstić information content (AvgIpc) is 3.47. The minimum atomic E-state index is -0.268. The Hall–Kier alpha value is -4.04. The van der Waals surface area contributed by atoms with Crippen molar-refractivity contribution >= 4 is 33.3 Å². The molecule has 0 spiro atoms. The zero-order valence-electron chi connectivity index (χ0n) is 17.9. The average molecular weight is 471 g/mol. The lowest BCUT2D eigenvalue weighted by Gasteiger charge is -2.23. The van der Waals surface area contributed by atoms with Gasteiger partial charge in [0, 0.05) is 17.9 Å². The van der Waals surface area contributed by atoms with Crippen molar-refractivity contribution in [1.29, 1.82) is 0 Å². The van der Waals surface area contributed by atoms with E-state index in [0.717, 1.165) is 26.9 Å². The molecule has 1 aliphatic heterocycles. The largest absolute Gasteiger partial charge is 0.489 e. The van der Waals surface area contributed by atoms with Gasteiger partial charge >= 0.3 is 0 Å². The van der Waals surface area contributed by atoms with Crippen molar-refractivity contribution in [3.63, 3.8) is 0 Å². The van der Waals surface area contributed by atoms with Crippen molar-refractivity contribution < 1.29 is 13.9 Å². The number of para-hydroxylation sites is 1. The molecule has 34 heavy (non-hydrogen) atoms. The molecule has 0 aliphatic carbocycles. The smallest absolute Gasteiger partial charge is 0.226 e. The Balaban J connectivity index is 1.25. The van der Waals surface area contributed by atoms with Crippen LogP contribution in [-0.2, 0) is 11.4 Å². The summed E-state index contributed by atoms with van der Waals surface area (Å²) in [5.41, 5.74) is 3.76. The predicted octanol–water partition coefficient (Wildman–Crippen LogP) is 5.67. The molecular formula is C26H19FN4O2S. The third kappa shape index (κ3) is 3.82. The highest BCUT2D eigenvalue weighted by atomic mass is 32.1. The zero-order chi connectivity index (χ0) is 23.1. The highest BCUT2D eigenvalue weighted by molar-refractivity contribution is 7.20. The van der Waals surface area contributed by atoms with Gasteiger partial charge < -0.3 is 10.1 Å². The lowest BCUT2D eigenvalue weighted by atomic mass is 9.87. The lowest BCUT2D eigenvalue weighted by molar-refractivity contribution is -0.116. The number of fused-ring (bicyclic) bond motifs is 2. The number of benzene rings is 3. The molecule has 2 aromatic heterocycles. The molecule has 1 amide bonds. The summed E-state index contributed by atoms with van der Waals surface area (Å²) in [6.45, 7) is 0.352. The number of rotatable bonds is 5. The maximum absolute atomic E-state index is 13.1. The third-order valence-electron chi connectivity index (χ3n) is 5.89.